The molecule has 52 heavy (non-hydrogen) atoms. The fourth-order valence-electron chi connectivity index (χ4n) is 8.46. The minimum atomic E-state index is -2.53. The van der Waals surface area contributed by atoms with Gasteiger partial charge in [0.2, 0.25) is 0 Å². The van der Waals surface area contributed by atoms with Crippen LogP contribution >= 0.6 is 0 Å². The van der Waals surface area contributed by atoms with E-state index < -0.39 is 121 Å². The number of Topliss-reactive ketones (excluding diaryl/α,β-unsaturated/α-hetero) is 1. The van der Waals surface area contributed by atoms with Crippen LogP contribution in [0, 0.1) is 23.7 Å². The summed E-state index contributed by atoms with van der Waals surface area (Å²) in [7, 11) is 4.31. The van der Waals surface area contributed by atoms with Crippen LogP contribution in [0.4, 0.5) is 0 Å². The van der Waals surface area contributed by atoms with Crippen LogP contribution in [0.5, 0.6) is 0 Å². The number of esters is 1. The SMILES string of the molecule is [2H][13C]([2H])([2H])N(C)[C@H]1C[C@@H](C)O[C@@H](OC2[C@@H](C)[C@H](O[C@H]3C[C@@](C)(OC)[C@@H](O)[C@H](C)O3)[C@@H](C)C(=O)O[C@H](CC)[C@@](C)(O)[C@H](O)[C@@H](C)C(=O)[C@H](C)C[C@@]2(C)OC)[C@@H]1O. The topological polar surface area (TPSA) is 183 Å². The van der Waals surface area contributed by atoms with Crippen molar-refractivity contribution in [3.63, 3.8) is 0 Å². The molecule has 14 heteroatoms. The van der Waals surface area contributed by atoms with Crippen molar-refractivity contribution in [2.75, 3.05) is 28.2 Å². The van der Waals surface area contributed by atoms with Gasteiger partial charge in [-0.2, -0.15) is 0 Å². The Kier molecular flexibility index (Phi) is 13.7. The van der Waals surface area contributed by atoms with E-state index in [0.717, 1.165) is 4.90 Å². The van der Waals surface area contributed by atoms with Crippen LogP contribution in [-0.4, -0.2) is 150 Å². The molecule has 4 N–H and O–H groups in total. The van der Waals surface area contributed by atoms with E-state index in [2.05, 4.69) is 0 Å². The van der Waals surface area contributed by atoms with Crippen molar-refractivity contribution >= 4 is 11.8 Å². The van der Waals surface area contributed by atoms with Crippen molar-refractivity contribution in [1.82, 2.24) is 4.90 Å². The normalized spacial score (nSPS) is 50.1. The van der Waals surface area contributed by atoms with E-state index >= 15 is 0 Å². The van der Waals surface area contributed by atoms with Gasteiger partial charge in [-0.25, -0.2) is 0 Å². The summed E-state index contributed by atoms with van der Waals surface area (Å²) >= 11 is 0. The number of rotatable bonds is 8. The van der Waals surface area contributed by atoms with Gasteiger partial charge in [-0.1, -0.05) is 27.7 Å². The molecule has 304 valence electrons. The summed E-state index contributed by atoms with van der Waals surface area (Å²) in [5, 5.41) is 45.7. The number of ketones is 1. The highest BCUT2D eigenvalue weighted by Gasteiger charge is 2.54. The van der Waals surface area contributed by atoms with E-state index in [0.29, 0.717) is 0 Å². The minimum absolute atomic E-state index is 0.0150. The van der Waals surface area contributed by atoms with Crippen LogP contribution in [0.3, 0.4) is 0 Å². The highest BCUT2D eigenvalue weighted by molar-refractivity contribution is 5.83. The molecule has 0 amide bonds. The second-order valence-corrected chi connectivity index (χ2v) is 16.3. The molecule has 0 aromatic heterocycles. The molecule has 1 unspecified atom stereocenters. The summed E-state index contributed by atoms with van der Waals surface area (Å²) in [4.78, 5) is 29.3. The predicted molar refractivity (Wildman–Crippen MR) is 191 cm³/mol. The largest absolute Gasteiger partial charge is 0.459 e. The van der Waals surface area contributed by atoms with Gasteiger partial charge >= 0.3 is 5.97 Å². The van der Waals surface area contributed by atoms with Crippen molar-refractivity contribution in [3.8, 4) is 0 Å². The van der Waals surface area contributed by atoms with E-state index in [9.17, 15) is 30.0 Å². The fraction of sp³-hybridized carbons (Fsp3) is 0.947. The van der Waals surface area contributed by atoms with Crippen LogP contribution in [0.2, 0.25) is 0 Å². The third-order valence-corrected chi connectivity index (χ3v) is 12.1. The van der Waals surface area contributed by atoms with Gasteiger partial charge in [-0.05, 0) is 74.8 Å². The zero-order chi connectivity index (χ0) is 42.2. The summed E-state index contributed by atoms with van der Waals surface area (Å²) in [5.41, 5.74) is -4.47. The summed E-state index contributed by atoms with van der Waals surface area (Å²) in [6.07, 6.45) is -10.8. The lowest BCUT2D eigenvalue weighted by Gasteiger charge is -2.50. The van der Waals surface area contributed by atoms with Crippen LogP contribution in [0.15, 0.2) is 0 Å². The number of methoxy groups -OCH3 is 2. The van der Waals surface area contributed by atoms with E-state index in [1.807, 2.05) is 0 Å². The van der Waals surface area contributed by atoms with Gasteiger partial charge in [0, 0.05) is 48.5 Å². The molecule has 14 nitrogen and oxygen atoms in total. The smallest absolute Gasteiger partial charge is 0.311 e. The molecule has 3 fully saturated rings. The lowest BCUT2D eigenvalue weighted by Crippen LogP contribution is -2.61. The number of likely N-dealkylation sites (N-methyl/N-ethyl adjacent to an activating group) is 1. The number of nitrogens with zero attached hydrogens (tertiary/aromatic N) is 1. The van der Waals surface area contributed by atoms with Gasteiger partial charge in [-0.3, -0.25) is 9.59 Å². The van der Waals surface area contributed by atoms with Crippen molar-refractivity contribution in [2.45, 2.75) is 179 Å². The quantitative estimate of drug-likeness (QED) is 0.210. The Morgan fingerprint density at radius 1 is 0.904 bits per heavy atom. The van der Waals surface area contributed by atoms with Gasteiger partial charge in [0.25, 0.3) is 0 Å². The molecular formula is C38H69NO13. The first-order valence-corrected chi connectivity index (χ1v) is 18.7. The molecule has 3 aliphatic rings. The van der Waals surface area contributed by atoms with Crippen molar-refractivity contribution in [2.24, 2.45) is 23.7 Å². The molecule has 0 aromatic carbocycles. The first kappa shape index (κ1) is 40.4. The Morgan fingerprint density at radius 3 is 2.08 bits per heavy atom. The van der Waals surface area contributed by atoms with Crippen molar-refractivity contribution in [3.05, 3.63) is 0 Å². The zero-order valence-electron chi connectivity index (χ0n) is 36.4. The zero-order valence-corrected chi connectivity index (χ0v) is 33.4. The number of ether oxygens (including phenoxy) is 7. The maximum absolute atomic E-state index is 14.2. The summed E-state index contributed by atoms with van der Waals surface area (Å²) in [5.74, 6) is -4.95. The molecule has 0 aromatic rings. The summed E-state index contributed by atoms with van der Waals surface area (Å²) in [6.45, 7) is 13.9. The molecule has 0 bridgehead atoms. The molecule has 3 aliphatic heterocycles. The van der Waals surface area contributed by atoms with Gasteiger partial charge in [-0.15, -0.1) is 0 Å². The third-order valence-electron chi connectivity index (χ3n) is 12.1. The fourth-order valence-corrected chi connectivity index (χ4v) is 8.46. The van der Waals surface area contributed by atoms with Gasteiger partial charge < -0.3 is 58.5 Å². The third kappa shape index (κ3) is 9.38. The van der Waals surface area contributed by atoms with Crippen molar-refractivity contribution in [1.29, 1.82) is 0 Å². The van der Waals surface area contributed by atoms with Crippen LogP contribution < -0.4 is 0 Å². The highest BCUT2D eigenvalue weighted by Crippen LogP contribution is 2.41. The van der Waals surface area contributed by atoms with Crippen LogP contribution in [-0.2, 0) is 42.7 Å². The molecule has 0 aliphatic carbocycles. The monoisotopic (exact) mass is 751 g/mol. The molecule has 3 saturated heterocycles. The van der Waals surface area contributed by atoms with Crippen LogP contribution in [0.1, 0.15) is 99.0 Å². The first-order chi connectivity index (χ1) is 25.2. The lowest BCUT2D eigenvalue weighted by molar-refractivity contribution is -0.319. The molecule has 3 heterocycles. The Balaban J connectivity index is 2.24. The number of carbonyl (C=O) groups is 2. The maximum Gasteiger partial charge on any atom is 0.311 e. The first-order valence-electron chi connectivity index (χ1n) is 20.2. The van der Waals surface area contributed by atoms with Gasteiger partial charge in [0.15, 0.2) is 12.6 Å². The number of hydrogen-bond donors (Lipinski definition) is 4. The molecule has 0 spiro atoms. The molecular weight excluding hydrogens is 679 g/mol. The van der Waals surface area contributed by atoms with Crippen LogP contribution in [0.25, 0.3) is 0 Å². The van der Waals surface area contributed by atoms with Gasteiger partial charge in [0.1, 0.15) is 29.7 Å². The maximum atomic E-state index is 14.2. The number of carbonyl (C=O) groups excluding carboxylic acids is 2. The van der Waals surface area contributed by atoms with E-state index in [-0.39, 0.29) is 31.5 Å². The average Bonchev–Trinajstić information content (AvgIpc) is 3.11. The minimum Gasteiger partial charge on any atom is -0.459 e. The second-order valence-electron chi connectivity index (χ2n) is 16.3. The Hall–Kier alpha value is -1.30. The molecule has 0 saturated carbocycles. The molecule has 18 atom stereocenters. The lowest BCUT2D eigenvalue weighted by atomic mass is 9.74. The standard InChI is InChI=1S/C38H69NO13/c1-15-26-38(10,45)31(42)21(4)28(40)19(2)17-37(9,47-14)33(52-35-29(41)25(39(11)12)16-20(3)48-35)22(5)30(23(6)34(44)50-26)51-27-18-36(8,46-13)32(43)24(7)49-27/h19-27,29-33,35,41-43,45H,15-18H2,1-14H3/t19-,20-,21+,22+,23-,24+,25+,26-,27+,29-,30+,31-,32+,33?,35+,36-,37-,38-/m1/s1/i11+1D3. The van der Waals surface area contributed by atoms with Gasteiger partial charge in [0.05, 0.1) is 47.6 Å². The Bertz CT molecular complexity index is 1290. The second kappa shape index (κ2) is 17.7. The Labute approximate surface area is 314 Å². The van der Waals surface area contributed by atoms with E-state index in [1.54, 1.807) is 55.4 Å². The average molecular weight is 752 g/mol. The number of aliphatic hydroxyl groups is 4. The molecule has 3 rings (SSSR count). The molecule has 0 radical (unpaired) electrons. The van der Waals surface area contributed by atoms with Crippen molar-refractivity contribution < 1.29 is 67.3 Å². The Morgan fingerprint density at radius 2 is 1.52 bits per heavy atom. The highest BCUT2D eigenvalue weighted by atomic mass is 16.7. The number of aliphatic hydroxyl groups excluding tert-OH is 3. The predicted octanol–water partition coefficient (Wildman–Crippen LogP) is 2.44. The van der Waals surface area contributed by atoms with E-state index in [4.69, 9.17) is 37.3 Å². The number of cyclic esters (lactones) is 1. The summed E-state index contributed by atoms with van der Waals surface area (Å²) < 4.78 is 67.6. The van der Waals surface area contributed by atoms with E-state index in [1.165, 1.54) is 35.1 Å². The number of hydrogen-bond acceptors (Lipinski definition) is 14. The summed E-state index contributed by atoms with van der Waals surface area (Å²) in [6, 6.07) is -0.887.